The average Bonchev–Trinajstić information content (AvgIpc) is 2.63. The van der Waals surface area contributed by atoms with Gasteiger partial charge in [-0.25, -0.2) is 9.97 Å². The number of benzene rings is 3. The zero-order valence-electron chi connectivity index (χ0n) is 12.8. The smallest absolute Gasteiger partial charge is 0.162 e. The number of rotatable bonds is 3. The van der Waals surface area contributed by atoms with E-state index in [9.17, 15) is 0 Å². The molecule has 0 amide bonds. The second-order valence-corrected chi connectivity index (χ2v) is 6.33. The van der Waals surface area contributed by atoms with E-state index >= 15 is 0 Å². The first kappa shape index (κ1) is 14.8. The highest BCUT2D eigenvalue weighted by molar-refractivity contribution is 9.10. The van der Waals surface area contributed by atoms with Crippen LogP contribution in [0.25, 0.3) is 22.3 Å². The lowest BCUT2D eigenvalue weighted by Gasteiger charge is -2.11. The Morgan fingerprint density at radius 3 is 2.21 bits per heavy atom. The third-order valence-corrected chi connectivity index (χ3v) is 4.27. The molecule has 0 aliphatic heterocycles. The minimum atomic E-state index is 0.708. The monoisotopic (exact) mass is 375 g/mol. The van der Waals surface area contributed by atoms with E-state index in [1.54, 1.807) is 0 Å². The molecule has 0 spiro atoms. The van der Waals surface area contributed by atoms with Crippen LogP contribution >= 0.6 is 15.9 Å². The lowest BCUT2D eigenvalue weighted by Crippen LogP contribution is -1.99. The fourth-order valence-corrected chi connectivity index (χ4v) is 2.82. The first-order chi connectivity index (χ1) is 11.8. The minimum absolute atomic E-state index is 0.708. The first-order valence-electron chi connectivity index (χ1n) is 7.64. The number of anilines is 2. The van der Waals surface area contributed by atoms with Gasteiger partial charge in [0.15, 0.2) is 5.82 Å². The molecule has 116 valence electrons. The van der Waals surface area contributed by atoms with Crippen molar-refractivity contribution >= 4 is 38.3 Å². The summed E-state index contributed by atoms with van der Waals surface area (Å²) in [4.78, 5) is 9.47. The first-order valence-corrected chi connectivity index (χ1v) is 8.44. The van der Waals surface area contributed by atoms with Crippen LogP contribution in [0.1, 0.15) is 0 Å². The molecule has 1 aromatic heterocycles. The summed E-state index contributed by atoms with van der Waals surface area (Å²) in [7, 11) is 0. The van der Waals surface area contributed by atoms with Crippen LogP contribution in [0.4, 0.5) is 11.5 Å². The third kappa shape index (κ3) is 3.01. The maximum atomic E-state index is 4.76. The van der Waals surface area contributed by atoms with Gasteiger partial charge in [0, 0.05) is 21.1 Å². The molecule has 4 rings (SSSR count). The molecule has 24 heavy (non-hydrogen) atoms. The standard InChI is InChI=1S/C20H14BrN3/c21-15-12-10-14(11-13-15)19-23-18-9-5-4-8-17(18)20(24-19)22-16-6-2-1-3-7-16/h1-13H,(H,22,23,24). The van der Waals surface area contributed by atoms with Crippen LogP contribution in [0.3, 0.4) is 0 Å². The van der Waals surface area contributed by atoms with Crippen LogP contribution in [-0.4, -0.2) is 9.97 Å². The number of nitrogens with one attached hydrogen (secondary N) is 1. The summed E-state index contributed by atoms with van der Waals surface area (Å²) >= 11 is 3.46. The zero-order valence-corrected chi connectivity index (χ0v) is 14.4. The molecule has 4 aromatic rings. The van der Waals surface area contributed by atoms with E-state index in [-0.39, 0.29) is 0 Å². The Morgan fingerprint density at radius 2 is 1.42 bits per heavy atom. The SMILES string of the molecule is Brc1ccc(-c2nc(Nc3ccccc3)c3ccccc3n2)cc1. The summed E-state index contributed by atoms with van der Waals surface area (Å²) in [5.74, 6) is 1.52. The molecule has 0 unspecified atom stereocenters. The van der Waals surface area contributed by atoms with Crippen LogP contribution in [0.2, 0.25) is 0 Å². The fourth-order valence-electron chi connectivity index (χ4n) is 2.56. The van der Waals surface area contributed by atoms with Gasteiger partial charge in [-0.1, -0.05) is 58.4 Å². The molecule has 0 aliphatic rings. The van der Waals surface area contributed by atoms with Crippen molar-refractivity contribution in [2.75, 3.05) is 5.32 Å². The summed E-state index contributed by atoms with van der Waals surface area (Å²) in [5, 5.41) is 4.41. The van der Waals surface area contributed by atoms with Crippen molar-refractivity contribution in [3.8, 4) is 11.4 Å². The van der Waals surface area contributed by atoms with Gasteiger partial charge < -0.3 is 5.32 Å². The Bertz CT molecular complexity index is 983. The van der Waals surface area contributed by atoms with Crippen LogP contribution in [0.5, 0.6) is 0 Å². The van der Waals surface area contributed by atoms with Gasteiger partial charge in [-0.3, -0.25) is 0 Å². The summed E-state index contributed by atoms with van der Waals surface area (Å²) in [5.41, 5.74) is 2.91. The highest BCUT2D eigenvalue weighted by atomic mass is 79.9. The van der Waals surface area contributed by atoms with E-state index in [2.05, 4.69) is 21.2 Å². The maximum Gasteiger partial charge on any atom is 0.162 e. The quantitative estimate of drug-likeness (QED) is 0.491. The second kappa shape index (κ2) is 6.42. The number of nitrogens with zero attached hydrogens (tertiary/aromatic N) is 2. The molecule has 3 nitrogen and oxygen atoms in total. The highest BCUT2D eigenvalue weighted by Gasteiger charge is 2.09. The predicted molar refractivity (Wildman–Crippen MR) is 102 cm³/mol. The van der Waals surface area contributed by atoms with Gasteiger partial charge in [0.2, 0.25) is 0 Å². The molecule has 3 aromatic carbocycles. The van der Waals surface area contributed by atoms with Crippen molar-refractivity contribution < 1.29 is 0 Å². The summed E-state index contributed by atoms with van der Waals surface area (Å²) in [6, 6.07) is 26.1. The number of halogens is 1. The molecule has 0 bridgehead atoms. The molecule has 0 saturated carbocycles. The van der Waals surface area contributed by atoms with Gasteiger partial charge >= 0.3 is 0 Å². The predicted octanol–water partition coefficient (Wildman–Crippen LogP) is 5.80. The molecular weight excluding hydrogens is 362 g/mol. The van der Waals surface area contributed by atoms with Crippen molar-refractivity contribution in [3.05, 3.63) is 83.3 Å². The lowest BCUT2D eigenvalue weighted by molar-refractivity contribution is 1.22. The van der Waals surface area contributed by atoms with Crippen molar-refractivity contribution in [1.29, 1.82) is 0 Å². The number of hydrogen-bond donors (Lipinski definition) is 1. The van der Waals surface area contributed by atoms with E-state index in [0.717, 1.165) is 32.4 Å². The van der Waals surface area contributed by atoms with Crippen molar-refractivity contribution in [2.45, 2.75) is 0 Å². The molecule has 0 aliphatic carbocycles. The van der Waals surface area contributed by atoms with Gasteiger partial charge in [-0.05, 0) is 36.4 Å². The largest absolute Gasteiger partial charge is 0.340 e. The normalized spacial score (nSPS) is 10.7. The van der Waals surface area contributed by atoms with Crippen LogP contribution in [0, 0.1) is 0 Å². The van der Waals surface area contributed by atoms with E-state index in [1.165, 1.54) is 0 Å². The van der Waals surface area contributed by atoms with E-state index in [0.29, 0.717) is 5.82 Å². The summed E-state index contributed by atoms with van der Waals surface area (Å²) in [6.07, 6.45) is 0. The molecule has 0 radical (unpaired) electrons. The Hall–Kier alpha value is -2.72. The molecule has 4 heteroatoms. The zero-order chi connectivity index (χ0) is 16.4. The fraction of sp³-hybridized carbons (Fsp3) is 0. The lowest BCUT2D eigenvalue weighted by atomic mass is 10.2. The van der Waals surface area contributed by atoms with Crippen molar-refractivity contribution in [1.82, 2.24) is 9.97 Å². The van der Waals surface area contributed by atoms with Crippen LogP contribution in [-0.2, 0) is 0 Å². The van der Waals surface area contributed by atoms with Gasteiger partial charge in [-0.15, -0.1) is 0 Å². The molecule has 0 fully saturated rings. The molecule has 1 N–H and O–H groups in total. The maximum absolute atomic E-state index is 4.76. The molecular formula is C20H14BrN3. The van der Waals surface area contributed by atoms with Gasteiger partial charge in [0.25, 0.3) is 0 Å². The topological polar surface area (TPSA) is 37.8 Å². The van der Waals surface area contributed by atoms with Crippen molar-refractivity contribution in [2.24, 2.45) is 0 Å². The Morgan fingerprint density at radius 1 is 0.708 bits per heavy atom. The minimum Gasteiger partial charge on any atom is -0.340 e. The third-order valence-electron chi connectivity index (χ3n) is 3.74. The number of aromatic nitrogens is 2. The summed E-state index contributed by atoms with van der Waals surface area (Å²) < 4.78 is 1.04. The number of para-hydroxylation sites is 2. The van der Waals surface area contributed by atoms with E-state index in [1.807, 2.05) is 78.9 Å². The average molecular weight is 376 g/mol. The van der Waals surface area contributed by atoms with Gasteiger partial charge in [0.1, 0.15) is 5.82 Å². The van der Waals surface area contributed by atoms with E-state index in [4.69, 9.17) is 9.97 Å². The van der Waals surface area contributed by atoms with Crippen LogP contribution in [0.15, 0.2) is 83.3 Å². The Kier molecular flexibility index (Phi) is 3.97. The molecule has 1 heterocycles. The van der Waals surface area contributed by atoms with Crippen LogP contribution < -0.4 is 5.32 Å². The Labute approximate surface area is 148 Å². The summed E-state index contributed by atoms with van der Waals surface area (Å²) in [6.45, 7) is 0. The van der Waals surface area contributed by atoms with E-state index < -0.39 is 0 Å². The Balaban J connectivity index is 1.86. The number of fused-ring (bicyclic) bond motifs is 1. The van der Waals surface area contributed by atoms with Gasteiger partial charge in [-0.2, -0.15) is 0 Å². The number of hydrogen-bond acceptors (Lipinski definition) is 3. The van der Waals surface area contributed by atoms with Crippen molar-refractivity contribution in [3.63, 3.8) is 0 Å². The second-order valence-electron chi connectivity index (χ2n) is 5.41. The van der Waals surface area contributed by atoms with Gasteiger partial charge in [0.05, 0.1) is 5.52 Å². The molecule has 0 atom stereocenters. The molecule has 0 saturated heterocycles. The highest BCUT2D eigenvalue weighted by Crippen LogP contribution is 2.27.